The fourth-order valence-corrected chi connectivity index (χ4v) is 2.71. The number of esters is 3. The van der Waals surface area contributed by atoms with Crippen LogP contribution in [0.2, 0.25) is 0 Å². The van der Waals surface area contributed by atoms with E-state index in [2.05, 4.69) is 9.47 Å². The molecule has 0 N–H and O–H groups in total. The van der Waals surface area contributed by atoms with E-state index in [1.165, 1.54) is 26.9 Å². The van der Waals surface area contributed by atoms with E-state index in [-0.39, 0.29) is 25.7 Å². The average molecular weight is 388 g/mol. The Morgan fingerprint density at radius 1 is 0.857 bits per heavy atom. The molecule has 0 radical (unpaired) electrons. The first-order valence-corrected chi connectivity index (χ1v) is 9.01. The van der Waals surface area contributed by atoms with Gasteiger partial charge in [-0.15, -0.1) is 0 Å². The van der Waals surface area contributed by atoms with E-state index in [4.69, 9.17) is 4.74 Å². The summed E-state index contributed by atoms with van der Waals surface area (Å²) in [4.78, 5) is 35.7. The van der Waals surface area contributed by atoms with Crippen molar-refractivity contribution in [2.45, 2.75) is 32.6 Å². The Labute approximate surface area is 166 Å². The van der Waals surface area contributed by atoms with Crippen molar-refractivity contribution in [1.82, 2.24) is 0 Å². The zero-order chi connectivity index (χ0) is 21.0. The summed E-state index contributed by atoms with van der Waals surface area (Å²) in [6.07, 6.45) is 7.49. The highest BCUT2D eigenvalue weighted by molar-refractivity contribution is 5.81. The third-order valence-electron chi connectivity index (χ3n) is 4.49. The minimum Gasteiger partial charge on any atom is -0.469 e. The first-order valence-electron chi connectivity index (χ1n) is 9.01. The number of methoxy groups -OCH3 is 3. The second-order valence-corrected chi connectivity index (χ2v) is 6.43. The molecule has 0 heterocycles. The molecule has 1 rings (SSSR count). The van der Waals surface area contributed by atoms with Crippen LogP contribution >= 0.6 is 0 Å². The number of rotatable bonds is 10. The molecule has 0 aliphatic heterocycles. The lowest BCUT2D eigenvalue weighted by molar-refractivity contribution is -0.152. The first-order chi connectivity index (χ1) is 13.4. The highest BCUT2D eigenvalue weighted by atomic mass is 16.5. The second-order valence-electron chi connectivity index (χ2n) is 6.43. The van der Waals surface area contributed by atoms with Gasteiger partial charge in [-0.25, -0.2) is 0 Å². The van der Waals surface area contributed by atoms with Crippen LogP contribution in [0.25, 0.3) is 6.08 Å². The second kappa shape index (κ2) is 11.7. The molecule has 0 fully saturated rings. The molecule has 0 atom stereocenters. The van der Waals surface area contributed by atoms with Gasteiger partial charge in [0.05, 0.1) is 26.7 Å². The fraction of sp³-hybridized carbons (Fsp3) is 0.409. The Hall–Kier alpha value is -2.89. The van der Waals surface area contributed by atoms with E-state index in [1.807, 2.05) is 37.3 Å². The zero-order valence-corrected chi connectivity index (χ0v) is 16.9. The third kappa shape index (κ3) is 7.39. The van der Waals surface area contributed by atoms with Gasteiger partial charge in [-0.05, 0) is 25.3 Å². The zero-order valence-electron chi connectivity index (χ0n) is 16.9. The Balaban J connectivity index is 3.05. The molecule has 0 amide bonds. The van der Waals surface area contributed by atoms with E-state index < -0.39 is 23.3 Å². The Morgan fingerprint density at radius 3 is 1.86 bits per heavy atom. The van der Waals surface area contributed by atoms with E-state index in [1.54, 1.807) is 18.2 Å². The van der Waals surface area contributed by atoms with Crippen molar-refractivity contribution in [3.8, 4) is 0 Å². The topological polar surface area (TPSA) is 78.9 Å². The summed E-state index contributed by atoms with van der Waals surface area (Å²) in [5.41, 5.74) is 1.06. The van der Waals surface area contributed by atoms with Crippen molar-refractivity contribution in [3.05, 3.63) is 53.6 Å². The number of benzene rings is 1. The van der Waals surface area contributed by atoms with E-state index in [0.29, 0.717) is 0 Å². The Morgan fingerprint density at radius 2 is 1.39 bits per heavy atom. The molecule has 0 saturated heterocycles. The predicted octanol–water partition coefficient (Wildman–Crippen LogP) is 3.63. The maximum atomic E-state index is 12.5. The third-order valence-corrected chi connectivity index (χ3v) is 4.49. The monoisotopic (exact) mass is 388 g/mol. The molecular formula is C22H28O6. The lowest BCUT2D eigenvalue weighted by atomic mass is 9.78. The molecule has 1 aromatic carbocycles. The van der Waals surface area contributed by atoms with Crippen molar-refractivity contribution >= 4 is 24.0 Å². The van der Waals surface area contributed by atoms with Crippen LogP contribution in [0.1, 0.15) is 36.8 Å². The predicted molar refractivity (Wildman–Crippen MR) is 106 cm³/mol. The van der Waals surface area contributed by atoms with Crippen LogP contribution in [0.3, 0.4) is 0 Å². The highest BCUT2D eigenvalue weighted by Crippen LogP contribution is 2.34. The molecular weight excluding hydrogens is 360 g/mol. The van der Waals surface area contributed by atoms with Gasteiger partial charge in [-0.3, -0.25) is 14.4 Å². The summed E-state index contributed by atoms with van der Waals surface area (Å²) in [5, 5.41) is 0. The summed E-state index contributed by atoms with van der Waals surface area (Å²) in [6.45, 7) is 2.01. The number of carbonyl (C=O) groups excluding carboxylic acids is 3. The maximum Gasteiger partial charge on any atom is 0.315 e. The molecule has 0 saturated carbocycles. The number of aryl methyl sites for hydroxylation is 1. The lowest BCUT2D eigenvalue weighted by Gasteiger charge is -2.27. The van der Waals surface area contributed by atoms with Crippen molar-refractivity contribution in [3.63, 3.8) is 0 Å². The van der Waals surface area contributed by atoms with Gasteiger partial charge in [-0.1, -0.05) is 54.1 Å². The molecule has 0 spiro atoms. The van der Waals surface area contributed by atoms with Crippen LogP contribution in [0.15, 0.2) is 42.5 Å². The SMILES string of the molecule is COC(=O)CCC(/C=C/C=C/c1ccc(C)cc1)(CCC(=O)OC)C(=O)OC. The number of hydrogen-bond donors (Lipinski definition) is 0. The maximum absolute atomic E-state index is 12.5. The van der Waals surface area contributed by atoms with Crippen LogP contribution in [-0.4, -0.2) is 39.2 Å². The van der Waals surface area contributed by atoms with Crippen LogP contribution in [-0.2, 0) is 28.6 Å². The first kappa shape index (κ1) is 23.1. The Kier molecular flexibility index (Phi) is 9.71. The summed E-state index contributed by atoms with van der Waals surface area (Å²) in [5.74, 6) is -1.38. The summed E-state index contributed by atoms with van der Waals surface area (Å²) < 4.78 is 14.3. The number of hydrogen-bond acceptors (Lipinski definition) is 6. The lowest BCUT2D eigenvalue weighted by Crippen LogP contribution is -2.32. The van der Waals surface area contributed by atoms with Gasteiger partial charge in [0, 0.05) is 12.8 Å². The molecule has 152 valence electrons. The van der Waals surface area contributed by atoms with E-state index >= 15 is 0 Å². The van der Waals surface area contributed by atoms with Gasteiger partial charge in [0.1, 0.15) is 0 Å². The quantitative estimate of drug-likeness (QED) is 0.346. The summed E-state index contributed by atoms with van der Waals surface area (Å²) in [7, 11) is 3.86. The molecule has 6 nitrogen and oxygen atoms in total. The van der Waals surface area contributed by atoms with Crippen molar-refractivity contribution in [1.29, 1.82) is 0 Å². The van der Waals surface area contributed by atoms with E-state index in [0.717, 1.165) is 5.56 Å². The smallest absolute Gasteiger partial charge is 0.315 e. The minimum absolute atomic E-state index is 0.0266. The van der Waals surface area contributed by atoms with Crippen LogP contribution in [0.4, 0.5) is 0 Å². The van der Waals surface area contributed by atoms with Gasteiger partial charge >= 0.3 is 17.9 Å². The average Bonchev–Trinajstić information content (AvgIpc) is 2.72. The van der Waals surface area contributed by atoms with E-state index in [9.17, 15) is 14.4 Å². The molecule has 0 aliphatic rings. The minimum atomic E-state index is -1.13. The van der Waals surface area contributed by atoms with Gasteiger partial charge in [-0.2, -0.15) is 0 Å². The van der Waals surface area contributed by atoms with Gasteiger partial charge < -0.3 is 14.2 Å². The molecule has 6 heteroatoms. The molecule has 0 aliphatic carbocycles. The highest BCUT2D eigenvalue weighted by Gasteiger charge is 2.37. The molecule has 28 heavy (non-hydrogen) atoms. The van der Waals surface area contributed by atoms with Crippen LogP contribution in [0, 0.1) is 12.3 Å². The van der Waals surface area contributed by atoms with Gasteiger partial charge in [0.2, 0.25) is 0 Å². The van der Waals surface area contributed by atoms with Crippen LogP contribution < -0.4 is 0 Å². The Bertz CT molecular complexity index is 695. The number of allylic oxidation sites excluding steroid dienone is 2. The number of ether oxygens (including phenoxy) is 3. The fourth-order valence-electron chi connectivity index (χ4n) is 2.71. The largest absolute Gasteiger partial charge is 0.469 e. The van der Waals surface area contributed by atoms with Crippen molar-refractivity contribution < 1.29 is 28.6 Å². The summed E-state index contributed by atoms with van der Waals surface area (Å²) in [6, 6.07) is 7.99. The van der Waals surface area contributed by atoms with Gasteiger partial charge in [0.25, 0.3) is 0 Å². The van der Waals surface area contributed by atoms with Crippen LogP contribution in [0.5, 0.6) is 0 Å². The normalized spacial score (nSPS) is 11.6. The molecule has 0 bridgehead atoms. The number of carbonyl (C=O) groups is 3. The molecule has 0 unspecified atom stereocenters. The molecule has 1 aromatic rings. The summed E-state index contributed by atoms with van der Waals surface area (Å²) >= 11 is 0. The van der Waals surface area contributed by atoms with Crippen molar-refractivity contribution in [2.24, 2.45) is 5.41 Å². The molecule has 0 aromatic heterocycles. The van der Waals surface area contributed by atoms with Crippen molar-refractivity contribution in [2.75, 3.05) is 21.3 Å². The standard InChI is InChI=1S/C22H28O6/c1-17-8-10-18(11-9-17)7-5-6-14-22(21(25)28-4,15-12-19(23)26-2)16-13-20(24)27-3/h5-11,14H,12-13,15-16H2,1-4H3/b7-5+,14-6+. The van der Waals surface area contributed by atoms with Gasteiger partial charge in [0.15, 0.2) is 0 Å².